The number of nitrogens with one attached hydrogen (secondary N) is 2. The third-order valence-electron chi connectivity index (χ3n) is 3.83. The average molecular weight is 287 g/mol. The van der Waals surface area contributed by atoms with Crippen LogP contribution in [0.3, 0.4) is 0 Å². The Labute approximate surface area is 127 Å². The van der Waals surface area contributed by atoms with Crippen LogP contribution in [0.5, 0.6) is 0 Å². The Morgan fingerprint density at radius 2 is 2.19 bits per heavy atom. The SMILES string of the molecule is C#CCNC(=NCC1CCCCC1)NCCc1ccco1. The summed E-state index contributed by atoms with van der Waals surface area (Å²) in [5.74, 6) is 5.11. The fourth-order valence-corrected chi connectivity index (χ4v) is 2.66. The van der Waals surface area contributed by atoms with Crippen molar-refractivity contribution in [1.82, 2.24) is 10.6 Å². The van der Waals surface area contributed by atoms with Crippen molar-refractivity contribution in [2.45, 2.75) is 38.5 Å². The van der Waals surface area contributed by atoms with Crippen LogP contribution in [-0.2, 0) is 6.42 Å². The van der Waals surface area contributed by atoms with Gasteiger partial charge in [0.1, 0.15) is 5.76 Å². The van der Waals surface area contributed by atoms with Crippen molar-refractivity contribution in [3.63, 3.8) is 0 Å². The molecule has 0 atom stereocenters. The minimum atomic E-state index is 0.497. The Morgan fingerprint density at radius 3 is 2.90 bits per heavy atom. The molecule has 0 aromatic carbocycles. The Kier molecular flexibility index (Phi) is 6.73. The maximum Gasteiger partial charge on any atom is 0.192 e. The molecular formula is C17H25N3O. The Hall–Kier alpha value is -1.89. The molecule has 0 amide bonds. The predicted octanol–water partition coefficient (Wildman–Crippen LogP) is 2.57. The molecule has 1 heterocycles. The van der Waals surface area contributed by atoms with Gasteiger partial charge in [-0.25, -0.2) is 0 Å². The van der Waals surface area contributed by atoms with Gasteiger partial charge in [-0.1, -0.05) is 25.2 Å². The molecule has 1 saturated carbocycles. The summed E-state index contributed by atoms with van der Waals surface area (Å²) in [6.07, 6.45) is 14.5. The zero-order chi connectivity index (χ0) is 14.8. The zero-order valence-corrected chi connectivity index (χ0v) is 12.6. The lowest BCUT2D eigenvalue weighted by Crippen LogP contribution is -2.39. The highest BCUT2D eigenvalue weighted by atomic mass is 16.3. The van der Waals surface area contributed by atoms with Gasteiger partial charge < -0.3 is 15.1 Å². The number of guanidine groups is 1. The number of furan rings is 1. The molecule has 1 fully saturated rings. The number of hydrogen-bond acceptors (Lipinski definition) is 2. The molecule has 0 spiro atoms. The van der Waals surface area contributed by atoms with Crippen LogP contribution in [0.2, 0.25) is 0 Å². The van der Waals surface area contributed by atoms with Crippen LogP contribution in [0.4, 0.5) is 0 Å². The topological polar surface area (TPSA) is 49.6 Å². The predicted molar refractivity (Wildman–Crippen MR) is 86.1 cm³/mol. The Balaban J connectivity index is 1.76. The largest absolute Gasteiger partial charge is 0.469 e. The number of aliphatic imine (C=N–C) groups is 1. The summed E-state index contributed by atoms with van der Waals surface area (Å²) in [4.78, 5) is 4.67. The van der Waals surface area contributed by atoms with E-state index in [1.807, 2.05) is 12.1 Å². The molecule has 1 aromatic rings. The maximum absolute atomic E-state index is 5.32. The highest BCUT2D eigenvalue weighted by Crippen LogP contribution is 2.23. The van der Waals surface area contributed by atoms with E-state index in [4.69, 9.17) is 10.8 Å². The van der Waals surface area contributed by atoms with E-state index in [0.717, 1.165) is 37.1 Å². The first-order valence-electron chi connectivity index (χ1n) is 7.86. The van der Waals surface area contributed by atoms with Gasteiger partial charge in [-0.15, -0.1) is 6.42 Å². The number of hydrogen-bond donors (Lipinski definition) is 2. The summed E-state index contributed by atoms with van der Waals surface area (Å²) in [6.45, 7) is 2.17. The third-order valence-corrected chi connectivity index (χ3v) is 3.83. The lowest BCUT2D eigenvalue weighted by Gasteiger charge is -2.20. The van der Waals surface area contributed by atoms with Crippen molar-refractivity contribution in [2.24, 2.45) is 10.9 Å². The second-order valence-electron chi connectivity index (χ2n) is 5.51. The van der Waals surface area contributed by atoms with Crippen LogP contribution in [0, 0.1) is 18.3 Å². The zero-order valence-electron chi connectivity index (χ0n) is 12.6. The fourth-order valence-electron chi connectivity index (χ4n) is 2.66. The molecule has 0 saturated heterocycles. The van der Waals surface area contributed by atoms with Crippen molar-refractivity contribution in [3.8, 4) is 12.3 Å². The number of terminal acetylenes is 1. The summed E-state index contributed by atoms with van der Waals surface area (Å²) in [5.41, 5.74) is 0. The van der Waals surface area contributed by atoms with E-state index in [1.54, 1.807) is 6.26 Å². The normalized spacial score (nSPS) is 16.4. The van der Waals surface area contributed by atoms with Gasteiger partial charge in [-0.05, 0) is 30.9 Å². The summed E-state index contributed by atoms with van der Waals surface area (Å²) in [5, 5.41) is 6.48. The van der Waals surface area contributed by atoms with Crippen molar-refractivity contribution in [3.05, 3.63) is 24.2 Å². The minimum absolute atomic E-state index is 0.497. The van der Waals surface area contributed by atoms with Gasteiger partial charge in [0.15, 0.2) is 5.96 Å². The molecule has 1 aliphatic carbocycles. The molecule has 114 valence electrons. The first-order valence-corrected chi connectivity index (χ1v) is 7.86. The van der Waals surface area contributed by atoms with Crippen LogP contribution in [0.25, 0.3) is 0 Å². The molecule has 0 unspecified atom stereocenters. The van der Waals surface area contributed by atoms with Crippen molar-refractivity contribution < 1.29 is 4.42 Å². The molecule has 2 N–H and O–H groups in total. The Morgan fingerprint density at radius 1 is 1.33 bits per heavy atom. The van der Waals surface area contributed by atoms with Gasteiger partial charge in [0.25, 0.3) is 0 Å². The molecule has 1 aliphatic rings. The first kappa shape index (κ1) is 15.5. The quantitative estimate of drug-likeness (QED) is 0.480. The van der Waals surface area contributed by atoms with Crippen LogP contribution in [0.1, 0.15) is 37.9 Å². The standard InChI is InChI=1S/C17H25N3O/c1-2-11-18-17(19-12-10-16-9-6-13-21-16)20-14-15-7-4-3-5-8-15/h1,6,9,13,15H,3-5,7-8,10-12,14H2,(H2,18,19,20). The molecule has 0 aliphatic heterocycles. The van der Waals surface area contributed by atoms with Gasteiger partial charge in [0, 0.05) is 19.5 Å². The lowest BCUT2D eigenvalue weighted by molar-refractivity contribution is 0.366. The van der Waals surface area contributed by atoms with Crippen LogP contribution < -0.4 is 10.6 Å². The van der Waals surface area contributed by atoms with E-state index in [2.05, 4.69) is 21.5 Å². The highest BCUT2D eigenvalue weighted by Gasteiger charge is 2.12. The minimum Gasteiger partial charge on any atom is -0.469 e. The molecule has 0 radical (unpaired) electrons. The number of rotatable bonds is 6. The van der Waals surface area contributed by atoms with E-state index < -0.39 is 0 Å². The summed E-state index contributed by atoms with van der Waals surface area (Å²) >= 11 is 0. The van der Waals surface area contributed by atoms with E-state index in [9.17, 15) is 0 Å². The molecule has 4 nitrogen and oxygen atoms in total. The second kappa shape index (κ2) is 9.12. The van der Waals surface area contributed by atoms with E-state index in [1.165, 1.54) is 32.1 Å². The van der Waals surface area contributed by atoms with Gasteiger partial charge in [0.05, 0.1) is 12.8 Å². The second-order valence-corrected chi connectivity index (χ2v) is 5.51. The summed E-state index contributed by atoms with van der Waals surface area (Å²) in [7, 11) is 0. The van der Waals surface area contributed by atoms with Crippen LogP contribution >= 0.6 is 0 Å². The van der Waals surface area contributed by atoms with Gasteiger partial charge in [-0.3, -0.25) is 4.99 Å². The third kappa shape index (κ3) is 5.95. The Bertz CT molecular complexity index is 453. The molecule has 21 heavy (non-hydrogen) atoms. The van der Waals surface area contributed by atoms with E-state index >= 15 is 0 Å². The van der Waals surface area contributed by atoms with Crippen molar-refractivity contribution >= 4 is 5.96 Å². The van der Waals surface area contributed by atoms with Gasteiger partial charge >= 0.3 is 0 Å². The molecule has 0 bridgehead atoms. The molecule has 2 rings (SSSR count). The smallest absolute Gasteiger partial charge is 0.192 e. The van der Waals surface area contributed by atoms with Crippen LogP contribution in [-0.4, -0.2) is 25.6 Å². The molecule has 4 heteroatoms. The van der Waals surface area contributed by atoms with Crippen molar-refractivity contribution in [1.29, 1.82) is 0 Å². The summed E-state index contributed by atoms with van der Waals surface area (Å²) < 4.78 is 5.32. The van der Waals surface area contributed by atoms with E-state index in [0.29, 0.717) is 6.54 Å². The van der Waals surface area contributed by atoms with Crippen molar-refractivity contribution in [2.75, 3.05) is 19.6 Å². The fraction of sp³-hybridized carbons (Fsp3) is 0.588. The highest BCUT2D eigenvalue weighted by molar-refractivity contribution is 5.80. The van der Waals surface area contributed by atoms with E-state index in [-0.39, 0.29) is 0 Å². The summed E-state index contributed by atoms with van der Waals surface area (Å²) in [6, 6.07) is 3.89. The average Bonchev–Trinajstić information content (AvgIpc) is 3.04. The number of nitrogens with zero attached hydrogens (tertiary/aromatic N) is 1. The first-order chi connectivity index (χ1) is 10.4. The molecule has 1 aromatic heterocycles. The molecular weight excluding hydrogens is 262 g/mol. The van der Waals surface area contributed by atoms with Crippen LogP contribution in [0.15, 0.2) is 27.8 Å². The van der Waals surface area contributed by atoms with Gasteiger partial charge in [0.2, 0.25) is 0 Å². The monoisotopic (exact) mass is 287 g/mol. The van der Waals surface area contributed by atoms with Gasteiger partial charge in [-0.2, -0.15) is 0 Å². The maximum atomic E-state index is 5.32. The lowest BCUT2D eigenvalue weighted by atomic mass is 9.89.